The average molecular weight is 443 g/mol. The molecule has 0 spiro atoms. The van der Waals surface area contributed by atoms with Gasteiger partial charge in [-0.1, -0.05) is 41.9 Å². The fourth-order valence-electron chi connectivity index (χ4n) is 3.22. The molecule has 3 rings (SSSR count). The van der Waals surface area contributed by atoms with Crippen molar-refractivity contribution in [3.05, 3.63) is 94.5 Å². The molecule has 1 amide bonds. The van der Waals surface area contributed by atoms with Gasteiger partial charge in [-0.25, -0.2) is 8.42 Å². The van der Waals surface area contributed by atoms with Crippen LogP contribution in [0.4, 0.5) is 5.69 Å². The smallest absolute Gasteiger partial charge is 0.264 e. The molecule has 3 aromatic rings. The van der Waals surface area contributed by atoms with Crippen molar-refractivity contribution in [1.29, 1.82) is 0 Å². The van der Waals surface area contributed by atoms with Crippen LogP contribution in [0, 0.1) is 6.92 Å². The largest absolute Gasteiger partial charge is 0.337 e. The highest BCUT2D eigenvalue weighted by molar-refractivity contribution is 7.92. The van der Waals surface area contributed by atoms with Crippen molar-refractivity contribution < 1.29 is 13.2 Å². The van der Waals surface area contributed by atoms with Gasteiger partial charge in [0.1, 0.15) is 0 Å². The number of anilines is 1. The molecule has 0 fully saturated rings. The van der Waals surface area contributed by atoms with Crippen LogP contribution in [0.25, 0.3) is 0 Å². The number of benzene rings is 3. The van der Waals surface area contributed by atoms with Crippen LogP contribution < -0.4 is 4.31 Å². The van der Waals surface area contributed by atoms with Crippen LogP contribution in [-0.4, -0.2) is 33.3 Å². The summed E-state index contributed by atoms with van der Waals surface area (Å²) in [7, 11) is -0.451. The van der Waals surface area contributed by atoms with Gasteiger partial charge < -0.3 is 4.90 Å². The maximum Gasteiger partial charge on any atom is 0.264 e. The molecular weight excluding hydrogens is 420 g/mol. The molecule has 0 aromatic heterocycles. The molecule has 3 aromatic carbocycles. The summed E-state index contributed by atoms with van der Waals surface area (Å²) in [6.07, 6.45) is 0. The number of carbonyl (C=O) groups excluding carboxylic acids is 1. The first-order valence-electron chi connectivity index (χ1n) is 9.34. The molecule has 0 N–H and O–H groups in total. The van der Waals surface area contributed by atoms with Gasteiger partial charge in [0.2, 0.25) is 0 Å². The predicted octanol–water partition coefficient (Wildman–Crippen LogP) is 4.75. The van der Waals surface area contributed by atoms with Crippen LogP contribution in [0.5, 0.6) is 0 Å². The molecular formula is C23H23ClN2O3S. The maximum atomic E-state index is 12.9. The molecule has 30 heavy (non-hydrogen) atoms. The minimum absolute atomic E-state index is 0.154. The molecule has 156 valence electrons. The monoisotopic (exact) mass is 442 g/mol. The highest BCUT2D eigenvalue weighted by atomic mass is 35.5. The SMILES string of the molecule is Cc1cc(C(=O)N(C)Cc2cccc(Cl)c2)ccc1N(C)S(=O)(=O)c1ccccc1. The molecule has 0 heterocycles. The number of hydrogen-bond donors (Lipinski definition) is 0. The second kappa shape index (κ2) is 8.90. The molecule has 0 aliphatic carbocycles. The van der Waals surface area contributed by atoms with E-state index in [0.717, 1.165) is 5.56 Å². The Morgan fingerprint density at radius 1 is 0.933 bits per heavy atom. The van der Waals surface area contributed by atoms with Crippen molar-refractivity contribution in [3.63, 3.8) is 0 Å². The van der Waals surface area contributed by atoms with Gasteiger partial charge in [0.25, 0.3) is 15.9 Å². The zero-order chi connectivity index (χ0) is 21.9. The molecule has 5 nitrogen and oxygen atoms in total. The summed E-state index contributed by atoms with van der Waals surface area (Å²) < 4.78 is 27.0. The lowest BCUT2D eigenvalue weighted by molar-refractivity contribution is 0.0785. The molecule has 0 aliphatic rings. The number of aryl methyl sites for hydroxylation is 1. The molecule has 0 saturated carbocycles. The Bertz CT molecular complexity index is 1160. The number of amides is 1. The average Bonchev–Trinajstić information content (AvgIpc) is 2.73. The van der Waals surface area contributed by atoms with Crippen LogP contribution in [0.3, 0.4) is 0 Å². The van der Waals surface area contributed by atoms with Crippen LogP contribution in [0.2, 0.25) is 5.02 Å². The van der Waals surface area contributed by atoms with Crippen molar-refractivity contribution in [2.45, 2.75) is 18.4 Å². The van der Waals surface area contributed by atoms with Gasteiger partial charge in [-0.2, -0.15) is 0 Å². The van der Waals surface area contributed by atoms with E-state index in [9.17, 15) is 13.2 Å². The Morgan fingerprint density at radius 3 is 2.27 bits per heavy atom. The highest BCUT2D eigenvalue weighted by Gasteiger charge is 2.23. The van der Waals surface area contributed by atoms with E-state index in [0.29, 0.717) is 28.4 Å². The first kappa shape index (κ1) is 21.9. The number of hydrogen-bond acceptors (Lipinski definition) is 3. The Hall–Kier alpha value is -2.83. The lowest BCUT2D eigenvalue weighted by Crippen LogP contribution is -2.28. The highest BCUT2D eigenvalue weighted by Crippen LogP contribution is 2.26. The number of carbonyl (C=O) groups is 1. The number of halogens is 1. The number of nitrogens with zero attached hydrogens (tertiary/aromatic N) is 2. The molecule has 0 radical (unpaired) electrons. The number of sulfonamides is 1. The second-order valence-corrected chi connectivity index (χ2v) is 9.48. The van der Waals surface area contributed by atoms with E-state index < -0.39 is 10.0 Å². The first-order chi connectivity index (χ1) is 14.2. The summed E-state index contributed by atoms with van der Waals surface area (Å²) in [6.45, 7) is 2.21. The Morgan fingerprint density at radius 2 is 1.63 bits per heavy atom. The standard InChI is InChI=1S/C23H23ClN2O3S/c1-17-14-19(23(27)25(2)16-18-8-7-9-20(24)15-18)12-13-22(17)26(3)30(28,29)21-10-5-4-6-11-21/h4-15H,16H2,1-3H3. The summed E-state index contributed by atoms with van der Waals surface area (Å²) in [5.74, 6) is -0.154. The van der Waals surface area contributed by atoms with Gasteiger partial charge >= 0.3 is 0 Å². The lowest BCUT2D eigenvalue weighted by atomic mass is 10.1. The quantitative estimate of drug-likeness (QED) is 0.553. The maximum absolute atomic E-state index is 12.9. The fraction of sp³-hybridized carbons (Fsp3) is 0.174. The first-order valence-corrected chi connectivity index (χ1v) is 11.2. The van der Waals surface area contributed by atoms with Crippen molar-refractivity contribution in [3.8, 4) is 0 Å². The van der Waals surface area contributed by atoms with E-state index in [1.54, 1.807) is 73.5 Å². The van der Waals surface area contributed by atoms with Crippen LogP contribution in [0.1, 0.15) is 21.5 Å². The molecule has 0 atom stereocenters. The zero-order valence-corrected chi connectivity index (χ0v) is 18.6. The molecule has 0 aliphatic heterocycles. The van der Waals surface area contributed by atoms with E-state index in [2.05, 4.69) is 0 Å². The van der Waals surface area contributed by atoms with E-state index >= 15 is 0 Å². The third kappa shape index (κ3) is 4.66. The van der Waals surface area contributed by atoms with Gasteiger partial charge in [-0.05, 0) is 60.5 Å². The Kier molecular flexibility index (Phi) is 6.48. The van der Waals surface area contributed by atoms with E-state index in [-0.39, 0.29) is 10.8 Å². The third-order valence-electron chi connectivity index (χ3n) is 4.84. The summed E-state index contributed by atoms with van der Waals surface area (Å²) in [5, 5.41) is 0.621. The van der Waals surface area contributed by atoms with Gasteiger partial charge in [-0.15, -0.1) is 0 Å². The minimum Gasteiger partial charge on any atom is -0.337 e. The van der Waals surface area contributed by atoms with Crippen LogP contribution >= 0.6 is 11.6 Å². The van der Waals surface area contributed by atoms with Gasteiger partial charge in [0, 0.05) is 31.2 Å². The summed E-state index contributed by atoms with van der Waals surface area (Å²) in [6, 6.07) is 20.6. The van der Waals surface area contributed by atoms with E-state index in [1.807, 2.05) is 18.2 Å². The van der Waals surface area contributed by atoms with Crippen molar-refractivity contribution >= 4 is 33.2 Å². The predicted molar refractivity (Wildman–Crippen MR) is 120 cm³/mol. The third-order valence-corrected chi connectivity index (χ3v) is 6.86. The topological polar surface area (TPSA) is 57.7 Å². The van der Waals surface area contributed by atoms with Gasteiger partial charge in [0.05, 0.1) is 10.6 Å². The zero-order valence-electron chi connectivity index (χ0n) is 17.0. The van der Waals surface area contributed by atoms with Crippen LogP contribution in [0.15, 0.2) is 77.7 Å². The number of rotatable bonds is 6. The van der Waals surface area contributed by atoms with Gasteiger partial charge in [0.15, 0.2) is 0 Å². The summed E-state index contributed by atoms with van der Waals surface area (Å²) in [5.41, 5.74) is 2.64. The van der Waals surface area contributed by atoms with E-state index in [4.69, 9.17) is 11.6 Å². The van der Waals surface area contributed by atoms with Crippen LogP contribution in [-0.2, 0) is 16.6 Å². The van der Waals surface area contributed by atoms with Crippen molar-refractivity contribution in [2.75, 3.05) is 18.4 Å². The fourth-order valence-corrected chi connectivity index (χ4v) is 4.72. The molecule has 0 bridgehead atoms. The molecule has 0 saturated heterocycles. The van der Waals surface area contributed by atoms with Gasteiger partial charge in [-0.3, -0.25) is 9.10 Å². The Labute approximate surface area is 182 Å². The minimum atomic E-state index is -3.68. The van der Waals surface area contributed by atoms with E-state index in [1.165, 1.54) is 11.4 Å². The normalized spacial score (nSPS) is 11.2. The second-order valence-electron chi connectivity index (χ2n) is 7.08. The lowest BCUT2D eigenvalue weighted by Gasteiger charge is -2.23. The van der Waals surface area contributed by atoms with Crippen molar-refractivity contribution in [1.82, 2.24) is 4.90 Å². The van der Waals surface area contributed by atoms with Crippen molar-refractivity contribution in [2.24, 2.45) is 0 Å². The summed E-state index contributed by atoms with van der Waals surface area (Å²) in [4.78, 5) is 14.7. The molecule has 0 unspecified atom stereocenters. The molecule has 7 heteroatoms. The summed E-state index contributed by atoms with van der Waals surface area (Å²) >= 11 is 6.02. The Balaban J connectivity index is 1.81.